The number of rotatable bonds is 4. The zero-order valence-electron chi connectivity index (χ0n) is 10.7. The van der Waals surface area contributed by atoms with Crippen molar-refractivity contribution in [2.24, 2.45) is 5.73 Å². The van der Waals surface area contributed by atoms with Crippen LogP contribution in [0.5, 0.6) is 5.75 Å². The van der Waals surface area contributed by atoms with Crippen molar-refractivity contribution in [2.75, 3.05) is 0 Å². The van der Waals surface area contributed by atoms with Crippen LogP contribution >= 0.6 is 0 Å². The van der Waals surface area contributed by atoms with E-state index in [-0.39, 0.29) is 0 Å². The smallest absolute Gasteiger partial charge is 0.343 e. The molecule has 4 nitrogen and oxygen atoms in total. The van der Waals surface area contributed by atoms with Gasteiger partial charge in [-0.15, -0.1) is 0 Å². The van der Waals surface area contributed by atoms with Crippen LogP contribution in [0.3, 0.4) is 0 Å². The second-order valence-corrected chi connectivity index (χ2v) is 4.03. The first-order valence-electron chi connectivity index (χ1n) is 6.00. The molecule has 100 valence electrons. The quantitative estimate of drug-likeness (QED) is 0.525. The van der Waals surface area contributed by atoms with Gasteiger partial charge < -0.3 is 10.5 Å². The fraction of sp³-hybridized carbons (Fsp3) is 0. The summed E-state index contributed by atoms with van der Waals surface area (Å²) in [5.41, 5.74) is 6.12. The van der Waals surface area contributed by atoms with E-state index < -0.39 is 11.9 Å². The van der Waals surface area contributed by atoms with E-state index in [9.17, 15) is 9.59 Å². The first-order chi connectivity index (χ1) is 9.66. The van der Waals surface area contributed by atoms with Gasteiger partial charge in [0.1, 0.15) is 5.75 Å². The Kier molecular flexibility index (Phi) is 4.29. The van der Waals surface area contributed by atoms with E-state index in [4.69, 9.17) is 10.5 Å². The average molecular weight is 267 g/mol. The maximum absolute atomic E-state index is 12.0. The molecule has 0 aromatic heterocycles. The maximum atomic E-state index is 12.0. The van der Waals surface area contributed by atoms with Gasteiger partial charge in [-0.2, -0.15) is 0 Å². The summed E-state index contributed by atoms with van der Waals surface area (Å²) in [6.07, 6.45) is 2.73. The van der Waals surface area contributed by atoms with Crippen LogP contribution in [0.2, 0.25) is 0 Å². The second-order valence-electron chi connectivity index (χ2n) is 4.03. The monoisotopic (exact) mass is 267 g/mol. The van der Waals surface area contributed by atoms with Gasteiger partial charge in [-0.25, -0.2) is 4.79 Å². The van der Waals surface area contributed by atoms with Crippen molar-refractivity contribution in [1.82, 2.24) is 0 Å². The van der Waals surface area contributed by atoms with Crippen LogP contribution in [0.4, 0.5) is 0 Å². The lowest BCUT2D eigenvalue weighted by molar-refractivity contribution is -0.113. The van der Waals surface area contributed by atoms with Crippen molar-refractivity contribution in [3.05, 3.63) is 71.8 Å². The summed E-state index contributed by atoms with van der Waals surface area (Å²) in [6.45, 7) is 0. The Morgan fingerprint density at radius 3 is 2.30 bits per heavy atom. The summed E-state index contributed by atoms with van der Waals surface area (Å²) >= 11 is 0. The van der Waals surface area contributed by atoms with Crippen molar-refractivity contribution in [2.45, 2.75) is 0 Å². The Morgan fingerprint density at radius 1 is 0.950 bits per heavy atom. The summed E-state index contributed by atoms with van der Waals surface area (Å²) < 4.78 is 5.32. The minimum atomic E-state index is -0.561. The van der Waals surface area contributed by atoms with Crippen LogP contribution in [0, 0.1) is 0 Å². The topological polar surface area (TPSA) is 69.4 Å². The van der Waals surface area contributed by atoms with Gasteiger partial charge in [-0.3, -0.25) is 4.79 Å². The van der Waals surface area contributed by atoms with Crippen LogP contribution in [-0.4, -0.2) is 11.9 Å². The van der Waals surface area contributed by atoms with Crippen molar-refractivity contribution < 1.29 is 14.3 Å². The van der Waals surface area contributed by atoms with Crippen LogP contribution in [-0.2, 0) is 4.79 Å². The summed E-state index contributed by atoms with van der Waals surface area (Å²) in [6, 6.07) is 15.6. The predicted octanol–water partition coefficient (Wildman–Crippen LogP) is 2.40. The molecule has 0 atom stereocenters. The van der Waals surface area contributed by atoms with E-state index in [1.54, 1.807) is 48.5 Å². The normalized spacial score (nSPS) is 10.4. The highest BCUT2D eigenvalue weighted by Gasteiger charge is 2.09. The van der Waals surface area contributed by atoms with E-state index in [0.717, 1.165) is 0 Å². The van der Waals surface area contributed by atoms with Gasteiger partial charge in [-0.05, 0) is 24.3 Å². The molecule has 0 fully saturated rings. The van der Waals surface area contributed by atoms with Gasteiger partial charge in [-0.1, -0.05) is 36.4 Å². The van der Waals surface area contributed by atoms with E-state index in [1.165, 1.54) is 12.2 Å². The Labute approximate surface area is 116 Å². The van der Waals surface area contributed by atoms with Crippen molar-refractivity contribution in [3.63, 3.8) is 0 Å². The molecular weight excluding hydrogens is 254 g/mol. The third-order valence-corrected chi connectivity index (χ3v) is 2.56. The molecule has 0 aliphatic heterocycles. The largest absolute Gasteiger partial charge is 0.422 e. The molecule has 0 bridgehead atoms. The summed E-state index contributed by atoms with van der Waals surface area (Å²) in [4.78, 5) is 22.7. The number of benzene rings is 2. The molecule has 0 radical (unpaired) electrons. The van der Waals surface area contributed by atoms with E-state index in [1.807, 2.05) is 6.07 Å². The van der Waals surface area contributed by atoms with Gasteiger partial charge in [0.05, 0.1) is 5.56 Å². The minimum Gasteiger partial charge on any atom is -0.422 e. The number of ether oxygens (including phenoxy) is 1. The molecule has 0 aliphatic carbocycles. The number of esters is 1. The van der Waals surface area contributed by atoms with Gasteiger partial charge in [0.15, 0.2) is 0 Å². The lowest BCUT2D eigenvalue weighted by Crippen LogP contribution is -2.09. The van der Waals surface area contributed by atoms with Crippen LogP contribution < -0.4 is 10.5 Å². The van der Waals surface area contributed by atoms with Gasteiger partial charge in [0.25, 0.3) is 0 Å². The molecule has 0 saturated heterocycles. The van der Waals surface area contributed by atoms with Crippen molar-refractivity contribution in [3.8, 4) is 5.75 Å². The Morgan fingerprint density at radius 2 is 1.60 bits per heavy atom. The highest BCUT2D eigenvalue weighted by Crippen LogP contribution is 2.20. The van der Waals surface area contributed by atoms with Gasteiger partial charge in [0, 0.05) is 11.6 Å². The standard InChI is InChI=1S/C16H13NO3/c17-15(18)11-10-12-6-4-5-9-14(12)20-16(19)13-7-2-1-3-8-13/h1-11H,(H2,17,18). The molecule has 2 rings (SSSR count). The highest BCUT2D eigenvalue weighted by molar-refractivity contribution is 5.93. The maximum Gasteiger partial charge on any atom is 0.343 e. The van der Waals surface area contributed by atoms with Gasteiger partial charge in [0.2, 0.25) is 5.91 Å². The number of hydrogen-bond donors (Lipinski definition) is 1. The third kappa shape index (κ3) is 3.55. The number of primary amides is 1. The van der Waals surface area contributed by atoms with E-state index in [2.05, 4.69) is 0 Å². The summed E-state index contributed by atoms with van der Waals surface area (Å²) in [5.74, 6) is -0.640. The molecule has 20 heavy (non-hydrogen) atoms. The minimum absolute atomic E-state index is 0.374. The molecule has 0 heterocycles. The number of carbonyl (C=O) groups is 2. The lowest BCUT2D eigenvalue weighted by atomic mass is 10.2. The molecule has 2 N–H and O–H groups in total. The molecule has 2 aromatic rings. The molecule has 0 spiro atoms. The van der Waals surface area contributed by atoms with Crippen LogP contribution in [0.25, 0.3) is 6.08 Å². The second kappa shape index (κ2) is 6.33. The zero-order chi connectivity index (χ0) is 14.4. The van der Waals surface area contributed by atoms with E-state index >= 15 is 0 Å². The molecule has 4 heteroatoms. The summed E-state index contributed by atoms with van der Waals surface area (Å²) in [5, 5.41) is 0. The van der Waals surface area contributed by atoms with Crippen LogP contribution in [0.1, 0.15) is 15.9 Å². The molecular formula is C16H13NO3. The number of amides is 1. The molecule has 2 aromatic carbocycles. The fourth-order valence-electron chi connectivity index (χ4n) is 1.62. The highest BCUT2D eigenvalue weighted by atomic mass is 16.5. The van der Waals surface area contributed by atoms with Crippen molar-refractivity contribution in [1.29, 1.82) is 0 Å². The summed E-state index contributed by atoms with van der Waals surface area (Å²) in [7, 11) is 0. The number of hydrogen-bond acceptors (Lipinski definition) is 3. The molecule has 1 amide bonds. The van der Waals surface area contributed by atoms with Crippen molar-refractivity contribution >= 4 is 18.0 Å². The van der Waals surface area contributed by atoms with E-state index in [0.29, 0.717) is 16.9 Å². The van der Waals surface area contributed by atoms with Gasteiger partial charge >= 0.3 is 5.97 Å². The fourth-order valence-corrected chi connectivity index (χ4v) is 1.62. The first-order valence-corrected chi connectivity index (χ1v) is 6.00. The van der Waals surface area contributed by atoms with Crippen LogP contribution in [0.15, 0.2) is 60.7 Å². The molecule has 0 saturated carbocycles. The zero-order valence-corrected chi connectivity index (χ0v) is 10.7. The molecule has 0 unspecified atom stereocenters. The Balaban J connectivity index is 2.21. The predicted molar refractivity (Wildman–Crippen MR) is 76.1 cm³/mol. The average Bonchev–Trinajstić information content (AvgIpc) is 2.47. The first kappa shape index (κ1) is 13.5. The lowest BCUT2D eigenvalue weighted by Gasteiger charge is -2.07. The molecule has 0 aliphatic rings. The Bertz CT molecular complexity index is 648. The SMILES string of the molecule is NC(=O)C=Cc1ccccc1OC(=O)c1ccccc1. The number of para-hydroxylation sites is 1. The number of carbonyl (C=O) groups excluding carboxylic acids is 2. The third-order valence-electron chi connectivity index (χ3n) is 2.56. The Hall–Kier alpha value is -2.88. The number of nitrogens with two attached hydrogens (primary N) is 1.